The number of nitrogens with one attached hydrogen (secondary N) is 1. The molecule has 100 valence electrons. The van der Waals surface area contributed by atoms with Gasteiger partial charge in [0.05, 0.1) is 5.56 Å². The molecule has 1 unspecified atom stereocenters. The van der Waals surface area contributed by atoms with Crippen LogP contribution < -0.4 is 11.1 Å². The smallest absolute Gasteiger partial charge is 0.328 e. The van der Waals surface area contributed by atoms with Gasteiger partial charge >= 0.3 is 6.18 Å². The van der Waals surface area contributed by atoms with Crippen LogP contribution in [-0.4, -0.2) is 11.9 Å². The van der Waals surface area contributed by atoms with Gasteiger partial charge < -0.3 is 11.1 Å². The summed E-state index contributed by atoms with van der Waals surface area (Å²) in [5.74, 6) is -0.341. The van der Waals surface area contributed by atoms with Crippen molar-refractivity contribution in [2.45, 2.75) is 32.0 Å². The summed E-state index contributed by atoms with van der Waals surface area (Å²) in [6, 6.07) is 4.42. The molecule has 0 heterocycles. The maximum Gasteiger partial charge on any atom is 0.416 e. The lowest BCUT2D eigenvalue weighted by atomic mass is 10.1. The van der Waals surface area contributed by atoms with Crippen LogP contribution in [0.4, 0.5) is 18.9 Å². The summed E-state index contributed by atoms with van der Waals surface area (Å²) in [6.07, 6.45) is -3.73. The van der Waals surface area contributed by atoms with Crippen molar-refractivity contribution in [1.82, 2.24) is 0 Å². The Labute approximate surface area is 103 Å². The second-order valence-corrected chi connectivity index (χ2v) is 4.14. The highest BCUT2D eigenvalue weighted by Gasteiger charge is 2.30. The number of rotatable bonds is 4. The number of halogens is 3. The maximum atomic E-state index is 12.4. The number of hydrogen-bond donors (Lipinski definition) is 2. The van der Waals surface area contributed by atoms with E-state index in [1.807, 2.05) is 0 Å². The number of alkyl halides is 3. The van der Waals surface area contributed by atoms with E-state index in [0.29, 0.717) is 6.42 Å². The third kappa shape index (κ3) is 4.75. The van der Waals surface area contributed by atoms with E-state index in [-0.39, 0.29) is 24.1 Å². The average molecular weight is 260 g/mol. The van der Waals surface area contributed by atoms with Crippen molar-refractivity contribution in [2.24, 2.45) is 5.73 Å². The van der Waals surface area contributed by atoms with Crippen molar-refractivity contribution in [3.8, 4) is 0 Å². The molecule has 0 fully saturated rings. The fourth-order valence-corrected chi connectivity index (χ4v) is 1.36. The molecule has 3 N–H and O–H groups in total. The van der Waals surface area contributed by atoms with Crippen LogP contribution in [0.5, 0.6) is 0 Å². The van der Waals surface area contributed by atoms with Gasteiger partial charge in [0.1, 0.15) is 0 Å². The zero-order valence-corrected chi connectivity index (χ0v) is 9.92. The summed E-state index contributed by atoms with van der Waals surface area (Å²) < 4.78 is 37.3. The first kappa shape index (κ1) is 14.5. The van der Waals surface area contributed by atoms with Crippen LogP contribution in [0, 0.1) is 0 Å². The number of nitrogens with two attached hydrogens (primary N) is 1. The van der Waals surface area contributed by atoms with Gasteiger partial charge in [-0.3, -0.25) is 4.79 Å². The van der Waals surface area contributed by atoms with E-state index in [1.165, 1.54) is 12.1 Å². The normalized spacial score (nSPS) is 13.2. The second-order valence-electron chi connectivity index (χ2n) is 4.14. The van der Waals surface area contributed by atoms with Crippen molar-refractivity contribution < 1.29 is 18.0 Å². The molecule has 3 nitrogen and oxygen atoms in total. The highest BCUT2D eigenvalue weighted by atomic mass is 19.4. The van der Waals surface area contributed by atoms with Crippen molar-refractivity contribution in [2.75, 3.05) is 5.32 Å². The molecule has 0 radical (unpaired) electrons. The van der Waals surface area contributed by atoms with Crippen LogP contribution in [0.3, 0.4) is 0 Å². The number of carbonyl (C=O) groups excluding carboxylic acids is 1. The molecule has 0 spiro atoms. The Kier molecular flexibility index (Phi) is 4.72. The molecule has 6 heteroatoms. The molecule has 1 aromatic rings. The number of hydrogen-bond acceptors (Lipinski definition) is 2. The molecule has 1 aromatic carbocycles. The van der Waals surface area contributed by atoms with Crippen LogP contribution in [0.15, 0.2) is 24.3 Å². The Bertz CT molecular complexity index is 416. The molecular formula is C12H15F3N2O. The lowest BCUT2D eigenvalue weighted by molar-refractivity contribution is -0.137. The fourth-order valence-electron chi connectivity index (χ4n) is 1.36. The van der Waals surface area contributed by atoms with Crippen LogP contribution in [0.1, 0.15) is 25.3 Å². The number of amides is 1. The average Bonchev–Trinajstić information content (AvgIpc) is 2.25. The molecule has 0 saturated heterocycles. The molecule has 1 atom stereocenters. The molecule has 0 aliphatic rings. The standard InChI is InChI=1S/C12H15F3N2O/c1-8(16)5-6-11(18)17-10-4-2-3-9(7-10)12(13,14)15/h2-4,7-8H,5-6,16H2,1H3,(H,17,18). The Morgan fingerprint density at radius 2 is 2.11 bits per heavy atom. The summed E-state index contributed by atoms with van der Waals surface area (Å²) >= 11 is 0. The summed E-state index contributed by atoms with van der Waals surface area (Å²) in [5.41, 5.74) is 4.84. The van der Waals surface area contributed by atoms with E-state index in [2.05, 4.69) is 5.32 Å². The number of carbonyl (C=O) groups is 1. The fraction of sp³-hybridized carbons (Fsp3) is 0.417. The first-order valence-electron chi connectivity index (χ1n) is 5.51. The van der Waals surface area contributed by atoms with Gasteiger partial charge in [-0.2, -0.15) is 13.2 Å². The van der Waals surface area contributed by atoms with E-state index in [0.717, 1.165) is 12.1 Å². The van der Waals surface area contributed by atoms with E-state index < -0.39 is 11.7 Å². The van der Waals surface area contributed by atoms with Gasteiger partial charge in [-0.1, -0.05) is 6.07 Å². The molecule has 1 amide bonds. The van der Waals surface area contributed by atoms with Gasteiger partial charge in [0.25, 0.3) is 0 Å². The van der Waals surface area contributed by atoms with Crippen molar-refractivity contribution in [3.63, 3.8) is 0 Å². The highest BCUT2D eigenvalue weighted by Crippen LogP contribution is 2.30. The van der Waals surface area contributed by atoms with Gasteiger partial charge in [0, 0.05) is 18.2 Å². The van der Waals surface area contributed by atoms with E-state index in [4.69, 9.17) is 5.73 Å². The Morgan fingerprint density at radius 3 is 2.67 bits per heavy atom. The minimum absolute atomic E-state index is 0.114. The van der Waals surface area contributed by atoms with Gasteiger partial charge in [-0.25, -0.2) is 0 Å². The molecule has 0 bridgehead atoms. The zero-order chi connectivity index (χ0) is 13.8. The third-order valence-electron chi connectivity index (χ3n) is 2.30. The Hall–Kier alpha value is -1.56. The summed E-state index contributed by atoms with van der Waals surface area (Å²) in [6.45, 7) is 1.76. The van der Waals surface area contributed by atoms with Crippen molar-refractivity contribution in [1.29, 1.82) is 0 Å². The largest absolute Gasteiger partial charge is 0.416 e. The van der Waals surface area contributed by atoms with Crippen molar-refractivity contribution in [3.05, 3.63) is 29.8 Å². The predicted octanol–water partition coefficient (Wildman–Crippen LogP) is 2.77. The summed E-state index contributed by atoms with van der Waals surface area (Å²) in [7, 11) is 0. The highest BCUT2D eigenvalue weighted by molar-refractivity contribution is 5.90. The SMILES string of the molecule is CC(N)CCC(=O)Nc1cccc(C(F)(F)F)c1. The molecule has 0 aliphatic heterocycles. The van der Waals surface area contributed by atoms with Crippen molar-refractivity contribution >= 4 is 11.6 Å². The van der Waals surface area contributed by atoms with Gasteiger partial charge in [-0.15, -0.1) is 0 Å². The second kappa shape index (κ2) is 5.86. The lowest BCUT2D eigenvalue weighted by Crippen LogP contribution is -2.19. The summed E-state index contributed by atoms with van der Waals surface area (Å²) in [4.78, 5) is 11.4. The van der Waals surface area contributed by atoms with Crippen LogP contribution in [-0.2, 0) is 11.0 Å². The van der Waals surface area contributed by atoms with E-state index in [1.54, 1.807) is 6.92 Å². The minimum Gasteiger partial charge on any atom is -0.328 e. The summed E-state index contributed by atoms with van der Waals surface area (Å²) in [5, 5.41) is 2.42. The molecular weight excluding hydrogens is 245 g/mol. The molecule has 1 rings (SSSR count). The molecule has 0 saturated carbocycles. The predicted molar refractivity (Wildman–Crippen MR) is 63.0 cm³/mol. The molecule has 0 aliphatic carbocycles. The minimum atomic E-state index is -4.41. The van der Waals surface area contributed by atoms with Crippen LogP contribution in [0.25, 0.3) is 0 Å². The van der Waals surface area contributed by atoms with Gasteiger partial charge in [0.2, 0.25) is 5.91 Å². The topological polar surface area (TPSA) is 55.1 Å². The first-order valence-corrected chi connectivity index (χ1v) is 5.51. The number of benzene rings is 1. The van der Waals surface area contributed by atoms with Crippen LogP contribution in [0.2, 0.25) is 0 Å². The van der Waals surface area contributed by atoms with E-state index >= 15 is 0 Å². The quantitative estimate of drug-likeness (QED) is 0.874. The lowest BCUT2D eigenvalue weighted by Gasteiger charge is -2.10. The Balaban J connectivity index is 2.65. The van der Waals surface area contributed by atoms with E-state index in [9.17, 15) is 18.0 Å². The maximum absolute atomic E-state index is 12.4. The molecule has 18 heavy (non-hydrogen) atoms. The van der Waals surface area contributed by atoms with Crippen LogP contribution >= 0.6 is 0 Å². The first-order chi connectivity index (χ1) is 8.29. The van der Waals surface area contributed by atoms with Gasteiger partial charge in [-0.05, 0) is 31.5 Å². The molecule has 0 aromatic heterocycles. The Morgan fingerprint density at radius 1 is 1.44 bits per heavy atom. The monoisotopic (exact) mass is 260 g/mol. The van der Waals surface area contributed by atoms with Gasteiger partial charge in [0.15, 0.2) is 0 Å². The number of anilines is 1. The third-order valence-corrected chi connectivity index (χ3v) is 2.30. The zero-order valence-electron chi connectivity index (χ0n) is 9.92.